The number of amides is 1. The minimum absolute atomic E-state index is 0.0321. The summed E-state index contributed by atoms with van der Waals surface area (Å²) in [6.07, 6.45) is -2.16. The zero-order valence-corrected chi connectivity index (χ0v) is 14.6. The molecule has 1 aliphatic heterocycles. The monoisotopic (exact) mass is 372 g/mol. The second kappa shape index (κ2) is 6.90. The summed E-state index contributed by atoms with van der Waals surface area (Å²) in [7, 11) is 0. The van der Waals surface area contributed by atoms with Crippen molar-refractivity contribution in [3.8, 4) is 0 Å². The van der Waals surface area contributed by atoms with Crippen molar-refractivity contribution >= 4 is 17.4 Å². The van der Waals surface area contributed by atoms with Gasteiger partial charge in [0.15, 0.2) is 5.65 Å². The molecule has 0 spiro atoms. The molecule has 1 N–H and O–H groups in total. The molecule has 0 bridgehead atoms. The normalized spacial score (nSPS) is 17.3. The Kier molecular flexibility index (Phi) is 4.43. The predicted molar refractivity (Wildman–Crippen MR) is 94.4 cm³/mol. The van der Waals surface area contributed by atoms with Gasteiger partial charge < -0.3 is 10.2 Å². The molecule has 1 unspecified atom stereocenters. The fraction of sp³-hybridized carbons (Fsp3) is 0.333. The van der Waals surface area contributed by atoms with E-state index in [-0.39, 0.29) is 11.6 Å². The maximum atomic E-state index is 13.0. The quantitative estimate of drug-likeness (QED) is 0.745. The van der Waals surface area contributed by atoms with Crippen molar-refractivity contribution in [2.24, 2.45) is 0 Å². The third-order valence-corrected chi connectivity index (χ3v) is 4.60. The molecule has 1 fully saturated rings. The first kappa shape index (κ1) is 17.3. The molecular formula is C18H18F2N6O. The molecule has 1 atom stereocenters. The number of likely N-dealkylation sites (tertiary alicyclic amines) is 1. The van der Waals surface area contributed by atoms with E-state index >= 15 is 0 Å². The highest BCUT2D eigenvalue weighted by molar-refractivity contribution is 5.86. The van der Waals surface area contributed by atoms with Crippen molar-refractivity contribution < 1.29 is 13.6 Å². The van der Waals surface area contributed by atoms with Gasteiger partial charge in [-0.1, -0.05) is 29.8 Å². The van der Waals surface area contributed by atoms with Gasteiger partial charge in [0.1, 0.15) is 11.9 Å². The SMILES string of the molecule is Cc1ccc(CN2CCC(Nc3ccc4nnc(C(F)F)n4n3)C2=O)cc1. The molecule has 9 heteroatoms. The molecule has 3 aromatic rings. The Bertz CT molecular complexity index is 972. The van der Waals surface area contributed by atoms with Crippen LogP contribution in [0, 0.1) is 6.92 Å². The minimum atomic E-state index is -2.78. The minimum Gasteiger partial charge on any atom is -0.357 e. The highest BCUT2D eigenvalue weighted by Crippen LogP contribution is 2.21. The number of aryl methyl sites for hydroxylation is 1. The lowest BCUT2D eigenvalue weighted by molar-refractivity contribution is -0.128. The molecule has 1 aromatic carbocycles. The molecule has 7 nitrogen and oxygen atoms in total. The number of nitrogens with zero attached hydrogens (tertiary/aromatic N) is 5. The van der Waals surface area contributed by atoms with E-state index in [1.165, 1.54) is 11.6 Å². The lowest BCUT2D eigenvalue weighted by Crippen LogP contribution is -2.33. The number of benzene rings is 1. The molecule has 4 rings (SSSR count). The second-order valence-corrected chi connectivity index (χ2v) is 6.58. The van der Waals surface area contributed by atoms with E-state index < -0.39 is 18.3 Å². The molecule has 0 saturated carbocycles. The maximum Gasteiger partial charge on any atom is 0.299 e. The molecule has 0 radical (unpaired) electrons. The van der Waals surface area contributed by atoms with Gasteiger partial charge in [-0.05, 0) is 31.0 Å². The van der Waals surface area contributed by atoms with Crippen LogP contribution in [0.25, 0.3) is 5.65 Å². The van der Waals surface area contributed by atoms with Crippen LogP contribution in [0.1, 0.15) is 29.8 Å². The Morgan fingerprint density at radius 3 is 2.70 bits per heavy atom. The molecule has 140 valence electrons. The lowest BCUT2D eigenvalue weighted by Gasteiger charge is -2.17. The summed E-state index contributed by atoms with van der Waals surface area (Å²) in [6.45, 7) is 3.19. The van der Waals surface area contributed by atoms with Crippen molar-refractivity contribution in [1.82, 2.24) is 24.7 Å². The van der Waals surface area contributed by atoms with Crippen LogP contribution in [0.15, 0.2) is 36.4 Å². The van der Waals surface area contributed by atoms with E-state index in [0.717, 1.165) is 10.1 Å². The number of hydrogen-bond donors (Lipinski definition) is 1. The number of fused-ring (bicyclic) bond motifs is 1. The summed E-state index contributed by atoms with van der Waals surface area (Å²) in [5.41, 5.74) is 2.47. The topological polar surface area (TPSA) is 75.4 Å². The van der Waals surface area contributed by atoms with Gasteiger partial charge in [0.25, 0.3) is 6.43 Å². The summed E-state index contributed by atoms with van der Waals surface area (Å²) in [5.74, 6) is -0.220. The van der Waals surface area contributed by atoms with Gasteiger partial charge in [-0.3, -0.25) is 4.79 Å². The molecule has 27 heavy (non-hydrogen) atoms. The lowest BCUT2D eigenvalue weighted by atomic mass is 10.1. The number of hydrogen-bond acceptors (Lipinski definition) is 5. The Balaban J connectivity index is 1.47. The van der Waals surface area contributed by atoms with Crippen molar-refractivity contribution in [2.75, 3.05) is 11.9 Å². The van der Waals surface area contributed by atoms with Gasteiger partial charge >= 0.3 is 0 Å². The Hall–Kier alpha value is -3.10. The van der Waals surface area contributed by atoms with Gasteiger partial charge in [0, 0.05) is 13.1 Å². The predicted octanol–water partition coefficient (Wildman–Crippen LogP) is 2.58. The van der Waals surface area contributed by atoms with Gasteiger partial charge in [0.2, 0.25) is 11.7 Å². The summed E-state index contributed by atoms with van der Waals surface area (Å²) >= 11 is 0. The van der Waals surface area contributed by atoms with Crippen LogP contribution < -0.4 is 5.32 Å². The summed E-state index contributed by atoms with van der Waals surface area (Å²) < 4.78 is 26.9. The van der Waals surface area contributed by atoms with Gasteiger partial charge in [-0.15, -0.1) is 15.3 Å². The van der Waals surface area contributed by atoms with E-state index in [4.69, 9.17) is 0 Å². The smallest absolute Gasteiger partial charge is 0.299 e. The molecule has 0 aliphatic carbocycles. The fourth-order valence-corrected chi connectivity index (χ4v) is 3.14. The first-order valence-electron chi connectivity index (χ1n) is 8.62. The van der Waals surface area contributed by atoms with Crippen LogP contribution in [-0.2, 0) is 11.3 Å². The number of nitrogens with one attached hydrogen (secondary N) is 1. The molecule has 3 heterocycles. The van der Waals surface area contributed by atoms with E-state index in [2.05, 4.69) is 20.6 Å². The van der Waals surface area contributed by atoms with Crippen molar-refractivity contribution in [3.05, 3.63) is 53.3 Å². The van der Waals surface area contributed by atoms with E-state index in [9.17, 15) is 13.6 Å². The summed E-state index contributed by atoms with van der Waals surface area (Å²) in [6, 6.07) is 10.8. The third kappa shape index (κ3) is 3.44. The van der Waals surface area contributed by atoms with Crippen LogP contribution in [0.3, 0.4) is 0 Å². The van der Waals surface area contributed by atoms with Crippen LogP contribution in [0.2, 0.25) is 0 Å². The van der Waals surface area contributed by atoms with Gasteiger partial charge in [0.05, 0.1) is 0 Å². The largest absolute Gasteiger partial charge is 0.357 e. The van der Waals surface area contributed by atoms with Crippen LogP contribution in [0.5, 0.6) is 0 Å². The van der Waals surface area contributed by atoms with Crippen molar-refractivity contribution in [1.29, 1.82) is 0 Å². The second-order valence-electron chi connectivity index (χ2n) is 6.58. The fourth-order valence-electron chi connectivity index (χ4n) is 3.14. The Morgan fingerprint density at radius 1 is 1.19 bits per heavy atom. The molecule has 2 aromatic heterocycles. The summed E-state index contributed by atoms with van der Waals surface area (Å²) in [4.78, 5) is 14.4. The van der Waals surface area contributed by atoms with E-state index in [1.807, 2.05) is 31.2 Å². The van der Waals surface area contributed by atoms with Crippen molar-refractivity contribution in [2.45, 2.75) is 32.4 Å². The van der Waals surface area contributed by atoms with E-state index in [0.29, 0.717) is 25.3 Å². The van der Waals surface area contributed by atoms with Crippen LogP contribution >= 0.6 is 0 Å². The standard InChI is InChI=1S/C18H18F2N6O/c1-11-2-4-12(5-3-11)10-25-9-8-13(18(25)27)21-14-6-7-15-22-23-17(16(19)20)26(15)24-14/h2-7,13,16H,8-10H2,1H3,(H,21,24). The van der Waals surface area contributed by atoms with Crippen molar-refractivity contribution in [3.63, 3.8) is 0 Å². The molecular weight excluding hydrogens is 354 g/mol. The number of alkyl halides is 2. The molecule has 1 amide bonds. The molecule has 1 aliphatic rings. The third-order valence-electron chi connectivity index (χ3n) is 4.60. The first-order chi connectivity index (χ1) is 13.0. The number of anilines is 1. The number of halogens is 2. The average molecular weight is 372 g/mol. The first-order valence-corrected chi connectivity index (χ1v) is 8.62. The number of aromatic nitrogens is 4. The summed E-state index contributed by atoms with van der Waals surface area (Å²) in [5, 5.41) is 14.2. The molecule has 1 saturated heterocycles. The maximum absolute atomic E-state index is 13.0. The zero-order valence-electron chi connectivity index (χ0n) is 14.6. The van der Waals surface area contributed by atoms with Gasteiger partial charge in [-0.25, -0.2) is 8.78 Å². The zero-order chi connectivity index (χ0) is 19.0. The van der Waals surface area contributed by atoms with E-state index in [1.54, 1.807) is 11.0 Å². The Morgan fingerprint density at radius 2 is 1.96 bits per heavy atom. The van der Waals surface area contributed by atoms with Gasteiger partial charge in [-0.2, -0.15) is 4.52 Å². The highest BCUT2D eigenvalue weighted by atomic mass is 19.3. The average Bonchev–Trinajstić information content (AvgIpc) is 3.22. The number of carbonyl (C=O) groups is 1. The van der Waals surface area contributed by atoms with Crippen LogP contribution in [0.4, 0.5) is 14.6 Å². The van der Waals surface area contributed by atoms with Crippen LogP contribution in [-0.4, -0.2) is 43.2 Å². The highest BCUT2D eigenvalue weighted by Gasteiger charge is 2.32. The number of carbonyl (C=O) groups excluding carboxylic acids is 1. The number of rotatable bonds is 5. The Labute approximate surface area is 154 Å².